The van der Waals surface area contributed by atoms with E-state index in [4.69, 9.17) is 9.83 Å². The largest absolute Gasteiger partial charge is 0.257 e. The maximum atomic E-state index is 8.11. The molecule has 4 heteroatoms. The molecule has 0 aliphatic rings. The van der Waals surface area contributed by atoms with Crippen molar-refractivity contribution in [3.8, 4) is 0 Å². The monoisotopic (exact) mass is 196 g/mol. The maximum Gasteiger partial charge on any atom is 0.242 e. The van der Waals surface area contributed by atoms with Crippen molar-refractivity contribution < 1.29 is 14.9 Å². The van der Waals surface area contributed by atoms with Crippen LogP contribution in [0.4, 0.5) is 0 Å². The SMILES string of the molecule is C.C.CC[Si](CC)(CC)OOO. The Hall–Kier alpha value is 0.0969. The standard InChI is InChI=1S/C6H16O3Si.2CH4/c1-4-10(5-2,6-3)9-8-7;;/h7H,4-6H2,1-3H3;2*1H4. The van der Waals surface area contributed by atoms with Crippen molar-refractivity contribution in [1.29, 1.82) is 0 Å². The summed E-state index contributed by atoms with van der Waals surface area (Å²) in [5.41, 5.74) is 0. The van der Waals surface area contributed by atoms with Gasteiger partial charge in [0.2, 0.25) is 8.32 Å². The van der Waals surface area contributed by atoms with Crippen LogP contribution in [-0.2, 0) is 9.61 Å². The molecule has 0 aromatic carbocycles. The zero-order valence-electron chi connectivity index (χ0n) is 6.89. The van der Waals surface area contributed by atoms with Crippen molar-refractivity contribution in [2.24, 2.45) is 0 Å². The molecule has 0 saturated carbocycles. The second kappa shape index (κ2) is 9.19. The molecule has 0 aliphatic carbocycles. The molecule has 78 valence electrons. The van der Waals surface area contributed by atoms with E-state index in [0.717, 1.165) is 18.1 Å². The van der Waals surface area contributed by atoms with Crippen LogP contribution >= 0.6 is 0 Å². The summed E-state index contributed by atoms with van der Waals surface area (Å²) >= 11 is 0. The van der Waals surface area contributed by atoms with E-state index in [1.54, 1.807) is 0 Å². The molecule has 0 aromatic heterocycles. The van der Waals surface area contributed by atoms with Crippen LogP contribution in [-0.4, -0.2) is 13.6 Å². The normalized spacial score (nSPS) is 10.0. The fourth-order valence-electron chi connectivity index (χ4n) is 1.01. The van der Waals surface area contributed by atoms with Gasteiger partial charge in [0.1, 0.15) is 0 Å². The molecule has 0 amide bonds. The van der Waals surface area contributed by atoms with Gasteiger partial charge in [-0.25, -0.2) is 5.26 Å². The molecule has 0 spiro atoms. The quantitative estimate of drug-likeness (QED) is 0.414. The molecule has 0 bridgehead atoms. The summed E-state index contributed by atoms with van der Waals surface area (Å²) in [5.74, 6) is 0. The summed E-state index contributed by atoms with van der Waals surface area (Å²) in [4.78, 5) is 0. The summed E-state index contributed by atoms with van der Waals surface area (Å²) in [7, 11) is -1.69. The van der Waals surface area contributed by atoms with Crippen molar-refractivity contribution in [2.75, 3.05) is 0 Å². The lowest BCUT2D eigenvalue weighted by atomic mass is 10.9. The third-order valence-electron chi connectivity index (χ3n) is 2.15. The van der Waals surface area contributed by atoms with E-state index < -0.39 is 8.32 Å². The van der Waals surface area contributed by atoms with Crippen LogP contribution in [0, 0.1) is 0 Å². The zero-order valence-corrected chi connectivity index (χ0v) is 7.89. The summed E-state index contributed by atoms with van der Waals surface area (Å²) in [6.45, 7) is 6.20. The van der Waals surface area contributed by atoms with Gasteiger partial charge < -0.3 is 0 Å². The topological polar surface area (TPSA) is 38.7 Å². The predicted octanol–water partition coefficient (Wildman–Crippen LogP) is 3.69. The van der Waals surface area contributed by atoms with E-state index >= 15 is 0 Å². The van der Waals surface area contributed by atoms with Crippen molar-refractivity contribution >= 4 is 8.32 Å². The summed E-state index contributed by atoms with van der Waals surface area (Å²) < 4.78 is 4.87. The fourth-order valence-corrected chi connectivity index (χ4v) is 3.02. The van der Waals surface area contributed by atoms with Crippen LogP contribution < -0.4 is 0 Å². The maximum absolute atomic E-state index is 8.11. The van der Waals surface area contributed by atoms with E-state index in [-0.39, 0.29) is 14.9 Å². The molecular formula is C8H24O3Si. The average Bonchev–Trinajstić information content (AvgIpc) is 2.01. The highest BCUT2D eigenvalue weighted by Gasteiger charge is 2.30. The molecule has 0 atom stereocenters. The Morgan fingerprint density at radius 3 is 1.42 bits per heavy atom. The summed E-state index contributed by atoms with van der Waals surface area (Å²) in [6.07, 6.45) is 0. The first kappa shape index (κ1) is 18.0. The molecule has 0 rings (SSSR count). The van der Waals surface area contributed by atoms with Crippen molar-refractivity contribution in [1.82, 2.24) is 0 Å². The molecule has 1 N–H and O–H groups in total. The predicted molar refractivity (Wildman–Crippen MR) is 55.5 cm³/mol. The lowest BCUT2D eigenvalue weighted by molar-refractivity contribution is -0.448. The molecule has 0 radical (unpaired) electrons. The summed E-state index contributed by atoms with van der Waals surface area (Å²) in [6, 6.07) is 2.96. The molecule has 0 aromatic rings. The number of hydrogen-bond acceptors (Lipinski definition) is 3. The first-order valence-corrected chi connectivity index (χ1v) is 6.26. The van der Waals surface area contributed by atoms with Gasteiger partial charge in [-0.05, 0) is 18.1 Å². The van der Waals surface area contributed by atoms with Crippen LogP contribution in [0.1, 0.15) is 35.6 Å². The van der Waals surface area contributed by atoms with E-state index in [1.165, 1.54) is 0 Å². The lowest BCUT2D eigenvalue weighted by Gasteiger charge is -2.23. The van der Waals surface area contributed by atoms with Crippen molar-refractivity contribution in [3.63, 3.8) is 0 Å². The molecular weight excluding hydrogens is 172 g/mol. The average molecular weight is 196 g/mol. The van der Waals surface area contributed by atoms with E-state index in [2.05, 4.69) is 25.8 Å². The van der Waals surface area contributed by atoms with Gasteiger partial charge in [0, 0.05) is 0 Å². The minimum Gasteiger partial charge on any atom is -0.257 e. The minimum atomic E-state index is -1.69. The van der Waals surface area contributed by atoms with Gasteiger partial charge in [0.05, 0.1) is 0 Å². The highest BCUT2D eigenvalue weighted by molar-refractivity contribution is 6.73. The van der Waals surface area contributed by atoms with Gasteiger partial charge in [-0.2, -0.15) is 0 Å². The van der Waals surface area contributed by atoms with Gasteiger partial charge in [0.25, 0.3) is 0 Å². The number of rotatable bonds is 5. The second-order valence-corrected chi connectivity index (χ2v) is 7.06. The third kappa shape index (κ3) is 4.87. The molecule has 0 aliphatic heterocycles. The molecule has 0 fully saturated rings. The van der Waals surface area contributed by atoms with Crippen LogP contribution in [0.25, 0.3) is 0 Å². The van der Waals surface area contributed by atoms with Gasteiger partial charge in [-0.1, -0.05) is 40.7 Å². The highest BCUT2D eigenvalue weighted by Crippen LogP contribution is 2.20. The Bertz CT molecular complexity index is 76.1. The van der Waals surface area contributed by atoms with E-state index in [0.29, 0.717) is 0 Å². The first-order chi connectivity index (χ1) is 4.74. The van der Waals surface area contributed by atoms with Crippen LogP contribution in [0.5, 0.6) is 0 Å². The molecule has 3 nitrogen and oxygen atoms in total. The Morgan fingerprint density at radius 2 is 1.33 bits per heavy atom. The lowest BCUT2D eigenvalue weighted by Crippen LogP contribution is -2.35. The van der Waals surface area contributed by atoms with Gasteiger partial charge in [-0.15, -0.1) is 0 Å². The Morgan fingerprint density at radius 1 is 1.00 bits per heavy atom. The molecule has 0 saturated heterocycles. The third-order valence-corrected chi connectivity index (χ3v) is 6.44. The molecule has 0 unspecified atom stereocenters. The van der Waals surface area contributed by atoms with E-state index in [1.807, 2.05) is 0 Å². The molecule has 12 heavy (non-hydrogen) atoms. The van der Waals surface area contributed by atoms with Crippen LogP contribution in [0.3, 0.4) is 0 Å². The number of hydrogen-bond donors (Lipinski definition) is 1. The zero-order chi connectivity index (χ0) is 8.04. The van der Waals surface area contributed by atoms with E-state index in [9.17, 15) is 0 Å². The minimum absolute atomic E-state index is 0. The first-order valence-electron chi connectivity index (χ1n) is 3.74. The Labute approximate surface area is 77.7 Å². The smallest absolute Gasteiger partial charge is 0.242 e. The van der Waals surface area contributed by atoms with Crippen LogP contribution in [0.15, 0.2) is 0 Å². The Kier molecular flexibility index (Phi) is 13.8. The highest BCUT2D eigenvalue weighted by atomic mass is 28.4. The van der Waals surface area contributed by atoms with Gasteiger partial charge in [0.15, 0.2) is 0 Å². The second-order valence-electron chi connectivity index (χ2n) is 2.40. The van der Waals surface area contributed by atoms with Crippen molar-refractivity contribution in [3.05, 3.63) is 0 Å². The van der Waals surface area contributed by atoms with Crippen molar-refractivity contribution in [2.45, 2.75) is 53.8 Å². The Balaban J connectivity index is -0.000000405. The van der Waals surface area contributed by atoms with Crippen LogP contribution in [0.2, 0.25) is 18.1 Å². The van der Waals surface area contributed by atoms with Gasteiger partial charge >= 0.3 is 0 Å². The van der Waals surface area contributed by atoms with Gasteiger partial charge in [-0.3, -0.25) is 4.58 Å². The summed E-state index contributed by atoms with van der Waals surface area (Å²) in [5, 5.41) is 11.8. The fraction of sp³-hybridized carbons (Fsp3) is 1.00. The molecule has 0 heterocycles.